The lowest BCUT2D eigenvalue weighted by molar-refractivity contribution is 0.396. The summed E-state index contributed by atoms with van der Waals surface area (Å²) < 4.78 is 3.07. The van der Waals surface area contributed by atoms with E-state index in [-0.39, 0.29) is 11.7 Å². The van der Waals surface area contributed by atoms with E-state index in [0.717, 1.165) is 53.0 Å². The fraction of sp³-hybridized carbons (Fsp3) is 0.278. The monoisotopic (exact) mass is 351 g/mol. The van der Waals surface area contributed by atoms with Crippen LogP contribution in [0, 0.1) is 0 Å². The third kappa shape index (κ3) is 2.34. The summed E-state index contributed by atoms with van der Waals surface area (Å²) in [5, 5.41) is 2.06. The molecule has 25 heavy (non-hydrogen) atoms. The first-order valence-electron chi connectivity index (χ1n) is 8.43. The van der Waals surface area contributed by atoms with Crippen molar-refractivity contribution in [2.75, 3.05) is 18.0 Å². The number of aromatic amines is 1. The van der Waals surface area contributed by atoms with Crippen molar-refractivity contribution in [3.05, 3.63) is 52.5 Å². The number of H-pyrrole nitrogens is 1. The number of hydrogen-bond donors (Lipinski definition) is 1. The molecule has 126 valence electrons. The van der Waals surface area contributed by atoms with Crippen molar-refractivity contribution in [3.63, 3.8) is 0 Å². The fourth-order valence-corrected chi connectivity index (χ4v) is 4.64. The number of para-hydroxylation sites is 2. The summed E-state index contributed by atoms with van der Waals surface area (Å²) in [4.78, 5) is 26.5. The Morgan fingerprint density at radius 2 is 1.96 bits per heavy atom. The van der Waals surface area contributed by atoms with Crippen LogP contribution < -0.4 is 10.6 Å². The maximum Gasteiger partial charge on any atom is 0.326 e. The van der Waals surface area contributed by atoms with Gasteiger partial charge in [0.25, 0.3) is 0 Å². The molecule has 1 aliphatic rings. The van der Waals surface area contributed by atoms with Gasteiger partial charge in [0.2, 0.25) is 0 Å². The van der Waals surface area contributed by atoms with Crippen molar-refractivity contribution in [2.45, 2.75) is 18.9 Å². The normalized spacial score (nSPS) is 16.1. The van der Waals surface area contributed by atoms with Crippen molar-refractivity contribution in [1.82, 2.24) is 19.5 Å². The molecule has 4 aromatic rings. The third-order valence-corrected chi connectivity index (χ3v) is 5.88. The zero-order chi connectivity index (χ0) is 16.8. The molecular weight excluding hydrogens is 334 g/mol. The maximum atomic E-state index is 12.4. The van der Waals surface area contributed by atoms with Crippen molar-refractivity contribution in [1.29, 1.82) is 0 Å². The van der Waals surface area contributed by atoms with Crippen LogP contribution in [0.1, 0.15) is 18.9 Å². The number of benzene rings is 1. The lowest BCUT2D eigenvalue weighted by Gasteiger charge is -2.33. The summed E-state index contributed by atoms with van der Waals surface area (Å²) in [7, 11) is 0. The van der Waals surface area contributed by atoms with Gasteiger partial charge in [-0.2, -0.15) is 0 Å². The van der Waals surface area contributed by atoms with E-state index in [1.807, 2.05) is 34.9 Å². The van der Waals surface area contributed by atoms with Crippen LogP contribution in [-0.2, 0) is 0 Å². The number of nitrogens with zero attached hydrogens (tertiary/aromatic N) is 4. The predicted molar refractivity (Wildman–Crippen MR) is 100 cm³/mol. The summed E-state index contributed by atoms with van der Waals surface area (Å²) in [5.41, 5.74) is 2.90. The highest BCUT2D eigenvalue weighted by molar-refractivity contribution is 7.17. The zero-order valence-corrected chi connectivity index (χ0v) is 14.4. The SMILES string of the molecule is O=c1[nH]c2ccccc2n1C1CCN(c2ncnc3ccsc23)CC1. The Morgan fingerprint density at radius 1 is 1.12 bits per heavy atom. The second-order valence-electron chi connectivity index (χ2n) is 6.37. The van der Waals surface area contributed by atoms with Gasteiger partial charge in [0.1, 0.15) is 12.1 Å². The van der Waals surface area contributed by atoms with Gasteiger partial charge in [-0.25, -0.2) is 14.8 Å². The van der Waals surface area contributed by atoms with E-state index in [4.69, 9.17) is 0 Å². The van der Waals surface area contributed by atoms with Gasteiger partial charge in [0.05, 0.1) is 21.3 Å². The molecule has 5 rings (SSSR count). The van der Waals surface area contributed by atoms with Gasteiger partial charge in [-0.05, 0) is 36.4 Å². The quantitative estimate of drug-likeness (QED) is 0.602. The highest BCUT2D eigenvalue weighted by atomic mass is 32.1. The molecule has 1 N–H and O–H groups in total. The number of hydrogen-bond acceptors (Lipinski definition) is 5. The van der Waals surface area contributed by atoms with Crippen LogP contribution >= 0.6 is 11.3 Å². The molecule has 4 heterocycles. The molecule has 1 saturated heterocycles. The summed E-state index contributed by atoms with van der Waals surface area (Å²) in [6.07, 6.45) is 3.50. The lowest BCUT2D eigenvalue weighted by Crippen LogP contribution is -2.37. The zero-order valence-electron chi connectivity index (χ0n) is 13.6. The van der Waals surface area contributed by atoms with Crippen LogP contribution in [0.5, 0.6) is 0 Å². The number of piperidine rings is 1. The van der Waals surface area contributed by atoms with Crippen LogP contribution in [0.4, 0.5) is 5.82 Å². The van der Waals surface area contributed by atoms with Crippen LogP contribution in [0.15, 0.2) is 46.8 Å². The van der Waals surface area contributed by atoms with Gasteiger partial charge in [-0.15, -0.1) is 11.3 Å². The van der Waals surface area contributed by atoms with Crippen LogP contribution in [0.2, 0.25) is 0 Å². The Labute approximate surface area is 147 Å². The first-order valence-corrected chi connectivity index (χ1v) is 9.31. The van der Waals surface area contributed by atoms with Gasteiger partial charge >= 0.3 is 5.69 Å². The molecule has 0 aliphatic carbocycles. The number of anilines is 1. The van der Waals surface area contributed by atoms with E-state index >= 15 is 0 Å². The molecule has 1 aromatic carbocycles. The highest BCUT2D eigenvalue weighted by Crippen LogP contribution is 2.32. The summed E-state index contributed by atoms with van der Waals surface area (Å²) in [6, 6.07) is 10.2. The predicted octanol–water partition coefficient (Wildman–Crippen LogP) is 3.18. The van der Waals surface area contributed by atoms with E-state index in [1.54, 1.807) is 17.7 Å². The first kappa shape index (κ1) is 14.7. The van der Waals surface area contributed by atoms with Crippen LogP contribution in [0.3, 0.4) is 0 Å². The summed E-state index contributed by atoms with van der Waals surface area (Å²) in [6.45, 7) is 1.78. The standard InChI is InChI=1S/C18H17N5OS/c24-18-21-13-3-1-2-4-15(13)23(18)12-5-8-22(9-6-12)17-16-14(7-10-25-16)19-11-20-17/h1-4,7,10-12H,5-6,8-9H2,(H,21,24). The van der Waals surface area contributed by atoms with Gasteiger partial charge in [0, 0.05) is 19.1 Å². The number of rotatable bonds is 2. The second kappa shape index (κ2) is 5.70. The molecular formula is C18H17N5OS. The first-order chi connectivity index (χ1) is 12.3. The molecule has 0 bridgehead atoms. The molecule has 0 atom stereocenters. The Morgan fingerprint density at radius 3 is 2.84 bits per heavy atom. The van der Waals surface area contributed by atoms with Gasteiger partial charge in [-0.1, -0.05) is 12.1 Å². The molecule has 6 nitrogen and oxygen atoms in total. The molecule has 1 aliphatic heterocycles. The van der Waals surface area contributed by atoms with E-state index in [2.05, 4.69) is 25.2 Å². The molecule has 7 heteroatoms. The smallest absolute Gasteiger partial charge is 0.326 e. The van der Waals surface area contributed by atoms with Crippen LogP contribution in [-0.4, -0.2) is 32.6 Å². The highest BCUT2D eigenvalue weighted by Gasteiger charge is 2.25. The molecule has 0 unspecified atom stereocenters. The second-order valence-corrected chi connectivity index (χ2v) is 7.28. The third-order valence-electron chi connectivity index (χ3n) is 4.98. The van der Waals surface area contributed by atoms with Gasteiger partial charge < -0.3 is 9.88 Å². The van der Waals surface area contributed by atoms with E-state index in [0.29, 0.717) is 0 Å². The Hall–Kier alpha value is -2.67. The summed E-state index contributed by atoms with van der Waals surface area (Å²) in [5.74, 6) is 1.02. The Balaban J connectivity index is 1.44. The Kier molecular flexibility index (Phi) is 3.34. The van der Waals surface area contributed by atoms with Crippen molar-refractivity contribution < 1.29 is 0 Å². The molecule has 0 amide bonds. The minimum atomic E-state index is -0.0117. The van der Waals surface area contributed by atoms with Crippen molar-refractivity contribution in [2.24, 2.45) is 0 Å². The fourth-order valence-electron chi connectivity index (χ4n) is 3.77. The maximum absolute atomic E-state index is 12.4. The van der Waals surface area contributed by atoms with Crippen molar-refractivity contribution in [3.8, 4) is 0 Å². The van der Waals surface area contributed by atoms with Crippen LogP contribution in [0.25, 0.3) is 21.3 Å². The van der Waals surface area contributed by atoms with Gasteiger partial charge in [0.15, 0.2) is 0 Å². The molecule has 0 saturated carbocycles. The number of aromatic nitrogens is 4. The molecule has 0 radical (unpaired) electrons. The average molecular weight is 351 g/mol. The number of fused-ring (bicyclic) bond motifs is 2. The van der Waals surface area contributed by atoms with E-state index in [9.17, 15) is 4.79 Å². The van der Waals surface area contributed by atoms with Crippen molar-refractivity contribution >= 4 is 38.4 Å². The molecule has 0 spiro atoms. The number of nitrogens with one attached hydrogen (secondary N) is 1. The molecule has 3 aromatic heterocycles. The van der Waals surface area contributed by atoms with Gasteiger partial charge in [-0.3, -0.25) is 4.57 Å². The lowest BCUT2D eigenvalue weighted by atomic mass is 10.0. The molecule has 1 fully saturated rings. The average Bonchev–Trinajstić information content (AvgIpc) is 3.25. The van der Waals surface area contributed by atoms with E-state index < -0.39 is 0 Å². The summed E-state index contributed by atoms with van der Waals surface area (Å²) >= 11 is 1.68. The van der Waals surface area contributed by atoms with E-state index in [1.165, 1.54) is 0 Å². The minimum absolute atomic E-state index is 0.0117. The number of imidazole rings is 1. The number of thiophene rings is 1. The minimum Gasteiger partial charge on any atom is -0.355 e. The Bertz CT molecular complexity index is 1100. The topological polar surface area (TPSA) is 66.8 Å². The largest absolute Gasteiger partial charge is 0.355 e.